The minimum atomic E-state index is -3.28. The number of hydrogen-bond acceptors (Lipinski definition) is 5. The standard InChI is InChI=1S/C21H20N2O3S2/c1-14-11-21(22-18-6-4-3-5-17(14)18)27-13-20(24)16-7-8-19-15(12-16)9-10-23(19)28(2,25)26/h3-8,11-12H,9-10,13H2,1-2H3. The Morgan fingerprint density at radius 2 is 1.96 bits per heavy atom. The fourth-order valence-electron chi connectivity index (χ4n) is 3.50. The lowest BCUT2D eigenvalue weighted by Crippen LogP contribution is -2.27. The van der Waals surface area contributed by atoms with Gasteiger partial charge in [-0.25, -0.2) is 13.4 Å². The van der Waals surface area contributed by atoms with Gasteiger partial charge in [0.15, 0.2) is 5.78 Å². The first-order chi connectivity index (χ1) is 13.3. The van der Waals surface area contributed by atoms with Gasteiger partial charge in [-0.2, -0.15) is 0 Å². The van der Waals surface area contributed by atoms with Crippen LogP contribution in [0.3, 0.4) is 0 Å². The Labute approximate surface area is 168 Å². The van der Waals surface area contributed by atoms with E-state index >= 15 is 0 Å². The van der Waals surface area contributed by atoms with Crippen molar-refractivity contribution in [3.63, 3.8) is 0 Å². The van der Waals surface area contributed by atoms with Crippen molar-refractivity contribution in [2.75, 3.05) is 22.9 Å². The van der Waals surface area contributed by atoms with Crippen LogP contribution in [0.5, 0.6) is 0 Å². The van der Waals surface area contributed by atoms with Crippen molar-refractivity contribution in [3.8, 4) is 0 Å². The number of rotatable bonds is 5. The first-order valence-corrected chi connectivity index (χ1v) is 11.8. The van der Waals surface area contributed by atoms with Crippen molar-refractivity contribution in [2.45, 2.75) is 18.4 Å². The third kappa shape index (κ3) is 3.64. The molecule has 2 aromatic carbocycles. The monoisotopic (exact) mass is 412 g/mol. The van der Waals surface area contributed by atoms with Crippen LogP contribution >= 0.6 is 11.8 Å². The van der Waals surface area contributed by atoms with Crippen LogP contribution in [-0.4, -0.2) is 37.7 Å². The molecule has 0 fully saturated rings. The van der Waals surface area contributed by atoms with Crippen LogP contribution in [0.2, 0.25) is 0 Å². The number of fused-ring (bicyclic) bond motifs is 2. The van der Waals surface area contributed by atoms with Gasteiger partial charge in [-0.15, -0.1) is 0 Å². The van der Waals surface area contributed by atoms with Crippen molar-refractivity contribution < 1.29 is 13.2 Å². The molecule has 1 aromatic heterocycles. The molecule has 0 unspecified atom stereocenters. The Morgan fingerprint density at radius 3 is 2.75 bits per heavy atom. The number of aromatic nitrogens is 1. The highest BCUT2D eigenvalue weighted by molar-refractivity contribution is 7.99. The number of para-hydroxylation sites is 1. The summed E-state index contributed by atoms with van der Waals surface area (Å²) in [6.07, 6.45) is 1.83. The van der Waals surface area contributed by atoms with E-state index in [1.54, 1.807) is 12.1 Å². The third-order valence-corrected chi connectivity index (χ3v) is 7.00. The Balaban J connectivity index is 1.51. The summed E-state index contributed by atoms with van der Waals surface area (Å²) in [5.74, 6) is 0.303. The fraction of sp³-hybridized carbons (Fsp3) is 0.238. The molecule has 5 nitrogen and oxygen atoms in total. The quantitative estimate of drug-likeness (QED) is 0.470. The summed E-state index contributed by atoms with van der Waals surface area (Å²) in [5.41, 5.74) is 4.26. The van der Waals surface area contributed by atoms with Gasteiger partial charge < -0.3 is 0 Å². The second-order valence-electron chi connectivity index (χ2n) is 6.94. The molecule has 0 bridgehead atoms. The molecule has 28 heavy (non-hydrogen) atoms. The van der Waals surface area contributed by atoms with Crippen molar-refractivity contribution in [2.24, 2.45) is 0 Å². The van der Waals surface area contributed by atoms with Crippen molar-refractivity contribution >= 4 is 44.2 Å². The largest absolute Gasteiger partial charge is 0.293 e. The maximum Gasteiger partial charge on any atom is 0.232 e. The average molecular weight is 413 g/mol. The Bertz CT molecular complexity index is 1190. The van der Waals surface area contributed by atoms with Crippen molar-refractivity contribution in [1.29, 1.82) is 0 Å². The van der Waals surface area contributed by atoms with Gasteiger partial charge in [0, 0.05) is 17.5 Å². The summed E-state index contributed by atoms with van der Waals surface area (Å²) in [4.78, 5) is 17.3. The van der Waals surface area contributed by atoms with E-state index in [1.807, 2.05) is 43.3 Å². The van der Waals surface area contributed by atoms with E-state index in [2.05, 4.69) is 4.98 Å². The zero-order chi connectivity index (χ0) is 19.9. The highest BCUT2D eigenvalue weighted by Gasteiger charge is 2.26. The molecule has 0 atom stereocenters. The lowest BCUT2D eigenvalue weighted by Gasteiger charge is -2.16. The molecule has 144 valence electrons. The van der Waals surface area contributed by atoms with Gasteiger partial charge in [-0.1, -0.05) is 30.0 Å². The van der Waals surface area contributed by atoms with Gasteiger partial charge in [0.1, 0.15) is 0 Å². The van der Waals surface area contributed by atoms with E-state index in [9.17, 15) is 13.2 Å². The van der Waals surface area contributed by atoms with Crippen molar-refractivity contribution in [3.05, 3.63) is 65.2 Å². The average Bonchev–Trinajstić information content (AvgIpc) is 3.10. The van der Waals surface area contributed by atoms with Gasteiger partial charge in [0.05, 0.1) is 28.2 Å². The van der Waals surface area contributed by atoms with E-state index in [-0.39, 0.29) is 5.78 Å². The number of aryl methyl sites for hydroxylation is 1. The van der Waals surface area contributed by atoms with Crippen LogP contribution in [0.25, 0.3) is 10.9 Å². The first kappa shape index (κ1) is 19.0. The van der Waals surface area contributed by atoms with Crippen LogP contribution in [0.1, 0.15) is 21.5 Å². The maximum atomic E-state index is 12.7. The normalized spacial score (nSPS) is 13.7. The first-order valence-electron chi connectivity index (χ1n) is 8.96. The molecule has 2 heterocycles. The molecule has 0 aliphatic carbocycles. The topological polar surface area (TPSA) is 67.3 Å². The molecule has 0 spiro atoms. The SMILES string of the molecule is Cc1cc(SCC(=O)c2ccc3c(c2)CCN3S(C)(=O)=O)nc2ccccc12. The van der Waals surface area contributed by atoms with E-state index < -0.39 is 10.0 Å². The smallest absolute Gasteiger partial charge is 0.232 e. The summed E-state index contributed by atoms with van der Waals surface area (Å²) in [7, 11) is -3.28. The molecular formula is C21H20N2O3S2. The minimum absolute atomic E-state index is 0.0122. The third-order valence-electron chi connectivity index (χ3n) is 4.91. The number of nitrogens with zero attached hydrogens (tertiary/aromatic N) is 2. The van der Waals surface area contributed by atoms with E-state index in [1.165, 1.54) is 22.3 Å². The molecular weight excluding hydrogens is 392 g/mol. The number of thioether (sulfide) groups is 1. The van der Waals surface area contributed by atoms with Gasteiger partial charge in [0.25, 0.3) is 0 Å². The van der Waals surface area contributed by atoms with Crippen LogP contribution in [0.15, 0.2) is 53.6 Å². The second kappa shape index (κ2) is 7.22. The number of sulfonamides is 1. The Hall–Kier alpha value is -2.38. The molecule has 0 amide bonds. The predicted molar refractivity (Wildman–Crippen MR) is 114 cm³/mol. The van der Waals surface area contributed by atoms with Gasteiger partial charge >= 0.3 is 0 Å². The molecule has 7 heteroatoms. The molecule has 0 radical (unpaired) electrons. The molecule has 1 aliphatic heterocycles. The zero-order valence-corrected chi connectivity index (χ0v) is 17.3. The van der Waals surface area contributed by atoms with Gasteiger partial charge in [0.2, 0.25) is 10.0 Å². The summed E-state index contributed by atoms with van der Waals surface area (Å²) in [5, 5.41) is 1.95. The van der Waals surface area contributed by atoms with Crippen LogP contribution < -0.4 is 4.31 Å². The highest BCUT2D eigenvalue weighted by atomic mass is 32.2. The fourth-order valence-corrected chi connectivity index (χ4v) is 5.33. The summed E-state index contributed by atoms with van der Waals surface area (Å²) in [6.45, 7) is 2.48. The van der Waals surface area contributed by atoms with Crippen LogP contribution in [-0.2, 0) is 16.4 Å². The van der Waals surface area contributed by atoms with E-state index in [4.69, 9.17) is 0 Å². The zero-order valence-electron chi connectivity index (χ0n) is 15.7. The molecule has 1 aliphatic rings. The van der Waals surface area contributed by atoms with E-state index in [0.29, 0.717) is 30.0 Å². The maximum absolute atomic E-state index is 12.7. The molecule has 0 N–H and O–H groups in total. The Kier molecular flexibility index (Phi) is 4.89. The minimum Gasteiger partial charge on any atom is -0.293 e. The van der Waals surface area contributed by atoms with Crippen LogP contribution in [0, 0.1) is 6.92 Å². The number of carbonyl (C=O) groups is 1. The summed E-state index contributed by atoms with van der Waals surface area (Å²) in [6, 6.07) is 15.2. The number of benzene rings is 2. The predicted octanol–water partition coefficient (Wildman–Crippen LogP) is 3.84. The molecule has 0 saturated heterocycles. The Morgan fingerprint density at radius 1 is 1.18 bits per heavy atom. The number of anilines is 1. The highest BCUT2D eigenvalue weighted by Crippen LogP contribution is 2.31. The van der Waals surface area contributed by atoms with Gasteiger partial charge in [-0.3, -0.25) is 9.10 Å². The van der Waals surface area contributed by atoms with E-state index in [0.717, 1.165) is 27.1 Å². The molecule has 3 aromatic rings. The lowest BCUT2D eigenvalue weighted by atomic mass is 10.1. The number of ketones is 1. The number of carbonyl (C=O) groups excluding carboxylic acids is 1. The molecule has 4 rings (SSSR count). The number of Topliss-reactive ketones (excluding diaryl/α,β-unsaturated/α-hetero) is 1. The second-order valence-corrected chi connectivity index (χ2v) is 9.84. The molecule has 0 saturated carbocycles. The van der Waals surface area contributed by atoms with Crippen LogP contribution in [0.4, 0.5) is 5.69 Å². The summed E-state index contributed by atoms with van der Waals surface area (Å²) >= 11 is 1.42. The number of hydrogen-bond donors (Lipinski definition) is 0. The van der Waals surface area contributed by atoms with Crippen molar-refractivity contribution in [1.82, 2.24) is 4.98 Å². The van der Waals surface area contributed by atoms with Gasteiger partial charge in [-0.05, 0) is 54.8 Å². The summed E-state index contributed by atoms with van der Waals surface area (Å²) < 4.78 is 25.1. The lowest BCUT2D eigenvalue weighted by molar-refractivity contribution is 0.102. The number of pyridine rings is 1.